The standard InChI is InChI=1S/C14H7N3O2/c15-8-10-1-3-11(4-2-10)12-5-6-13(9-16)14(7-12)17(18)19/h1-7H. The molecule has 0 fully saturated rings. The van der Waals surface area contributed by atoms with Crippen LogP contribution in [0.15, 0.2) is 42.5 Å². The molecule has 90 valence electrons. The molecule has 0 amide bonds. The summed E-state index contributed by atoms with van der Waals surface area (Å²) < 4.78 is 0. The quantitative estimate of drug-likeness (QED) is 0.604. The number of hydrogen-bond acceptors (Lipinski definition) is 4. The Hall–Kier alpha value is -3.18. The summed E-state index contributed by atoms with van der Waals surface area (Å²) in [6.07, 6.45) is 0. The summed E-state index contributed by atoms with van der Waals surface area (Å²) in [6, 6.07) is 14.9. The first-order valence-electron chi connectivity index (χ1n) is 5.35. The molecule has 0 aliphatic heterocycles. The van der Waals surface area contributed by atoms with Crippen LogP contribution >= 0.6 is 0 Å². The fraction of sp³-hybridized carbons (Fsp3) is 0. The van der Waals surface area contributed by atoms with Gasteiger partial charge in [-0.05, 0) is 29.3 Å². The average molecular weight is 249 g/mol. The summed E-state index contributed by atoms with van der Waals surface area (Å²) in [5.74, 6) is 0. The van der Waals surface area contributed by atoms with E-state index in [2.05, 4.69) is 0 Å². The van der Waals surface area contributed by atoms with Crippen molar-refractivity contribution >= 4 is 5.69 Å². The number of hydrogen-bond donors (Lipinski definition) is 0. The molecule has 2 aromatic rings. The smallest absolute Gasteiger partial charge is 0.258 e. The molecule has 0 aromatic heterocycles. The van der Waals surface area contributed by atoms with E-state index in [-0.39, 0.29) is 11.3 Å². The lowest BCUT2D eigenvalue weighted by atomic mass is 10.0. The Labute approximate surface area is 109 Å². The van der Waals surface area contributed by atoms with Crippen LogP contribution in [0.4, 0.5) is 5.69 Å². The summed E-state index contributed by atoms with van der Waals surface area (Å²) >= 11 is 0. The van der Waals surface area contributed by atoms with Crippen molar-refractivity contribution in [1.29, 1.82) is 10.5 Å². The molecule has 5 nitrogen and oxygen atoms in total. The van der Waals surface area contributed by atoms with E-state index in [9.17, 15) is 10.1 Å². The molecular weight excluding hydrogens is 242 g/mol. The van der Waals surface area contributed by atoms with Crippen molar-refractivity contribution < 1.29 is 4.92 Å². The number of rotatable bonds is 2. The van der Waals surface area contributed by atoms with E-state index in [1.807, 2.05) is 6.07 Å². The van der Waals surface area contributed by atoms with Gasteiger partial charge in [0.25, 0.3) is 5.69 Å². The molecule has 0 aliphatic carbocycles. The third-order valence-corrected chi connectivity index (χ3v) is 2.66. The van der Waals surface area contributed by atoms with Crippen molar-refractivity contribution in [2.24, 2.45) is 0 Å². The molecule has 0 unspecified atom stereocenters. The lowest BCUT2D eigenvalue weighted by molar-refractivity contribution is -0.385. The molecule has 0 saturated carbocycles. The van der Waals surface area contributed by atoms with Gasteiger partial charge in [-0.2, -0.15) is 10.5 Å². The number of nitro benzene ring substituents is 1. The molecule has 0 atom stereocenters. The van der Waals surface area contributed by atoms with Gasteiger partial charge in [0.1, 0.15) is 11.6 Å². The zero-order valence-electron chi connectivity index (χ0n) is 9.70. The Bertz CT molecular complexity index is 722. The van der Waals surface area contributed by atoms with Crippen LogP contribution in [0.3, 0.4) is 0 Å². The van der Waals surface area contributed by atoms with Gasteiger partial charge >= 0.3 is 0 Å². The summed E-state index contributed by atoms with van der Waals surface area (Å²) in [4.78, 5) is 10.3. The first-order valence-corrected chi connectivity index (χ1v) is 5.35. The zero-order valence-corrected chi connectivity index (χ0v) is 9.70. The van der Waals surface area contributed by atoms with Gasteiger partial charge in [-0.3, -0.25) is 10.1 Å². The van der Waals surface area contributed by atoms with Gasteiger partial charge in [-0.25, -0.2) is 0 Å². The van der Waals surface area contributed by atoms with Crippen molar-refractivity contribution in [1.82, 2.24) is 0 Å². The van der Waals surface area contributed by atoms with Crippen LogP contribution in [0.5, 0.6) is 0 Å². The van der Waals surface area contributed by atoms with E-state index in [0.717, 1.165) is 5.56 Å². The molecule has 2 rings (SSSR count). The topological polar surface area (TPSA) is 90.7 Å². The second kappa shape index (κ2) is 4.99. The van der Waals surface area contributed by atoms with E-state index >= 15 is 0 Å². The van der Waals surface area contributed by atoms with Crippen LogP contribution < -0.4 is 0 Å². The Morgan fingerprint density at radius 1 is 0.947 bits per heavy atom. The van der Waals surface area contributed by atoms with E-state index in [1.165, 1.54) is 12.1 Å². The van der Waals surface area contributed by atoms with Crippen LogP contribution in [0.25, 0.3) is 11.1 Å². The second-order valence-corrected chi connectivity index (χ2v) is 3.79. The number of nitro groups is 1. The minimum atomic E-state index is -0.578. The van der Waals surface area contributed by atoms with Crippen molar-refractivity contribution in [3.8, 4) is 23.3 Å². The highest BCUT2D eigenvalue weighted by Gasteiger charge is 2.14. The summed E-state index contributed by atoms with van der Waals surface area (Å²) in [7, 11) is 0. The summed E-state index contributed by atoms with van der Waals surface area (Å²) in [6.45, 7) is 0. The summed E-state index contributed by atoms with van der Waals surface area (Å²) in [5, 5.41) is 28.4. The largest absolute Gasteiger partial charge is 0.287 e. The molecule has 0 spiro atoms. The van der Waals surface area contributed by atoms with Gasteiger partial charge in [0.2, 0.25) is 0 Å². The van der Waals surface area contributed by atoms with Crippen molar-refractivity contribution in [3.05, 3.63) is 63.7 Å². The Balaban J connectivity index is 2.52. The fourth-order valence-electron chi connectivity index (χ4n) is 1.69. The van der Waals surface area contributed by atoms with Crippen LogP contribution in [0.1, 0.15) is 11.1 Å². The number of nitriles is 2. The molecule has 5 heteroatoms. The van der Waals surface area contributed by atoms with Crippen molar-refractivity contribution in [3.63, 3.8) is 0 Å². The monoisotopic (exact) mass is 249 g/mol. The normalized spacial score (nSPS) is 9.37. The van der Waals surface area contributed by atoms with Crippen molar-refractivity contribution in [2.75, 3.05) is 0 Å². The maximum absolute atomic E-state index is 10.9. The third kappa shape index (κ3) is 2.41. The highest BCUT2D eigenvalue weighted by atomic mass is 16.6. The average Bonchev–Trinajstić information content (AvgIpc) is 2.46. The van der Waals surface area contributed by atoms with Crippen LogP contribution in [0.2, 0.25) is 0 Å². The first-order chi connectivity index (χ1) is 9.15. The van der Waals surface area contributed by atoms with E-state index < -0.39 is 4.92 Å². The van der Waals surface area contributed by atoms with Gasteiger partial charge in [-0.1, -0.05) is 18.2 Å². The lowest BCUT2D eigenvalue weighted by Crippen LogP contribution is -1.93. The van der Waals surface area contributed by atoms with Crippen LogP contribution in [0, 0.1) is 32.8 Å². The molecule has 0 aliphatic rings. The molecule has 0 heterocycles. The molecule has 0 bridgehead atoms. The summed E-state index contributed by atoms with van der Waals surface area (Å²) in [5.41, 5.74) is 1.72. The van der Waals surface area contributed by atoms with E-state index in [0.29, 0.717) is 11.1 Å². The molecule has 0 radical (unpaired) electrons. The van der Waals surface area contributed by atoms with Gasteiger partial charge in [0.15, 0.2) is 0 Å². The first kappa shape index (κ1) is 12.3. The Morgan fingerprint density at radius 2 is 1.58 bits per heavy atom. The predicted molar refractivity (Wildman–Crippen MR) is 68.0 cm³/mol. The minimum absolute atomic E-state index is 0.0300. The van der Waals surface area contributed by atoms with E-state index in [1.54, 1.807) is 36.4 Å². The highest BCUT2D eigenvalue weighted by molar-refractivity contribution is 5.69. The van der Waals surface area contributed by atoms with Crippen molar-refractivity contribution in [2.45, 2.75) is 0 Å². The molecule has 0 N–H and O–H groups in total. The Morgan fingerprint density at radius 3 is 2.11 bits per heavy atom. The maximum Gasteiger partial charge on any atom is 0.287 e. The third-order valence-electron chi connectivity index (χ3n) is 2.66. The molecule has 0 saturated heterocycles. The van der Waals surface area contributed by atoms with E-state index in [4.69, 9.17) is 10.5 Å². The second-order valence-electron chi connectivity index (χ2n) is 3.79. The molecule has 2 aromatic carbocycles. The van der Waals surface area contributed by atoms with Crippen LogP contribution in [-0.4, -0.2) is 4.92 Å². The minimum Gasteiger partial charge on any atom is -0.258 e. The van der Waals surface area contributed by atoms with Gasteiger partial charge in [-0.15, -0.1) is 0 Å². The molecular formula is C14H7N3O2. The number of nitrogens with zero attached hydrogens (tertiary/aromatic N) is 3. The highest BCUT2D eigenvalue weighted by Crippen LogP contribution is 2.27. The van der Waals surface area contributed by atoms with Gasteiger partial charge < -0.3 is 0 Å². The molecule has 19 heavy (non-hydrogen) atoms. The van der Waals surface area contributed by atoms with Crippen LogP contribution in [-0.2, 0) is 0 Å². The Kier molecular flexibility index (Phi) is 3.22. The zero-order chi connectivity index (χ0) is 13.8. The fourth-order valence-corrected chi connectivity index (χ4v) is 1.69. The van der Waals surface area contributed by atoms with Gasteiger partial charge in [0.05, 0.1) is 16.6 Å². The SMILES string of the molecule is N#Cc1ccc(-c2ccc(C#N)c([N+](=O)[O-])c2)cc1. The lowest BCUT2D eigenvalue weighted by Gasteiger charge is -2.02. The van der Waals surface area contributed by atoms with Gasteiger partial charge in [0, 0.05) is 6.07 Å². The maximum atomic E-state index is 10.9. The number of benzene rings is 2. The predicted octanol–water partition coefficient (Wildman–Crippen LogP) is 3.01.